The van der Waals surface area contributed by atoms with Gasteiger partial charge in [-0.1, -0.05) is 0 Å². The molecule has 0 aliphatic heterocycles. The van der Waals surface area contributed by atoms with Crippen LogP contribution in [-0.2, 0) is 27.4 Å². The first kappa shape index (κ1) is 27.1. The average molecular weight is 421 g/mol. The van der Waals surface area contributed by atoms with E-state index in [1.165, 1.54) is 18.4 Å². The minimum absolute atomic E-state index is 0. The minimum atomic E-state index is -4.34. The number of rotatable bonds is 6. The van der Waals surface area contributed by atoms with Crippen molar-refractivity contribution in [2.75, 3.05) is 5.75 Å². The Hall–Kier alpha value is -1.92. The first-order chi connectivity index (χ1) is 13.0. The molecule has 154 valence electrons. The number of primary sulfonamides is 1. The fourth-order valence-corrected chi connectivity index (χ4v) is 2.31. The van der Waals surface area contributed by atoms with E-state index in [0.717, 1.165) is 23.3 Å². The molecular formula is C19H19F3LiNO4S-2. The van der Waals surface area contributed by atoms with Gasteiger partial charge in [0.25, 0.3) is 0 Å². The van der Waals surface area contributed by atoms with Crippen molar-refractivity contribution in [3.05, 3.63) is 73.0 Å². The summed E-state index contributed by atoms with van der Waals surface area (Å²) in [5.41, 5.74) is 1.10. The molecule has 0 bridgehead atoms. The molecule has 0 saturated heterocycles. The van der Waals surface area contributed by atoms with Gasteiger partial charge in [-0.05, 0) is 30.3 Å². The third-order valence-corrected chi connectivity index (χ3v) is 4.13. The maximum atomic E-state index is 12.4. The Morgan fingerprint density at radius 3 is 2.00 bits per heavy atom. The van der Waals surface area contributed by atoms with E-state index in [4.69, 9.17) is 4.74 Å². The SMILES string of the molecule is NS(=O)(=O)CC[C-]=O.[CH2-]Cc1ccc(Oc2ccc(C(F)(F)F)cc2)cc1[CH2-].[Li+]. The Kier molecular flexibility index (Phi) is 11.1. The zero-order valence-corrected chi connectivity index (χ0v) is 16.6. The molecule has 0 amide bonds. The smallest absolute Gasteiger partial charge is 0.542 e. The van der Waals surface area contributed by atoms with Crippen molar-refractivity contribution >= 4 is 16.3 Å². The molecular weight excluding hydrogens is 402 g/mol. The van der Waals surface area contributed by atoms with Crippen LogP contribution < -0.4 is 28.7 Å². The van der Waals surface area contributed by atoms with Crippen molar-refractivity contribution in [2.45, 2.75) is 19.0 Å². The average Bonchev–Trinajstić information content (AvgIpc) is 2.60. The fourth-order valence-electron chi connectivity index (χ4n) is 1.94. The van der Waals surface area contributed by atoms with Crippen LogP contribution in [0.5, 0.6) is 11.5 Å². The van der Waals surface area contributed by atoms with Crippen LogP contribution in [0, 0.1) is 13.8 Å². The van der Waals surface area contributed by atoms with Gasteiger partial charge in [0.05, 0.1) is 11.3 Å². The van der Waals surface area contributed by atoms with Gasteiger partial charge in [-0.3, -0.25) is 6.29 Å². The van der Waals surface area contributed by atoms with E-state index >= 15 is 0 Å². The third-order valence-electron chi connectivity index (χ3n) is 3.35. The summed E-state index contributed by atoms with van der Waals surface area (Å²) in [5.74, 6) is 0.572. The third kappa shape index (κ3) is 10.4. The largest absolute Gasteiger partial charge is 1.00 e. The van der Waals surface area contributed by atoms with Crippen LogP contribution >= 0.6 is 0 Å². The molecule has 0 unspecified atom stereocenters. The van der Waals surface area contributed by atoms with E-state index in [0.29, 0.717) is 17.9 Å². The number of halogens is 3. The summed E-state index contributed by atoms with van der Waals surface area (Å²) in [7, 11) is -3.45. The minimum Gasteiger partial charge on any atom is -0.542 e. The summed E-state index contributed by atoms with van der Waals surface area (Å²) in [6.07, 6.45) is -2.44. The maximum Gasteiger partial charge on any atom is 1.00 e. The molecule has 2 aromatic carbocycles. The predicted molar refractivity (Wildman–Crippen MR) is 99.8 cm³/mol. The number of sulfonamides is 1. The number of benzene rings is 2. The Labute approximate surface area is 180 Å². The van der Waals surface area contributed by atoms with E-state index < -0.39 is 21.8 Å². The van der Waals surface area contributed by atoms with Crippen molar-refractivity contribution in [3.8, 4) is 11.5 Å². The molecule has 2 aromatic rings. The number of hydrogen-bond donors (Lipinski definition) is 1. The number of nitrogens with two attached hydrogens (primary N) is 1. The fraction of sp³-hybridized carbons (Fsp3) is 0.211. The van der Waals surface area contributed by atoms with Crippen LogP contribution in [-0.4, -0.2) is 20.5 Å². The van der Waals surface area contributed by atoms with Gasteiger partial charge in [-0.15, -0.1) is 18.6 Å². The normalized spacial score (nSPS) is 10.9. The molecule has 29 heavy (non-hydrogen) atoms. The van der Waals surface area contributed by atoms with Crippen LogP contribution in [0.15, 0.2) is 42.5 Å². The standard InChI is InChI=1S/C16H13F3O.C3H6NO3S.Li/c1-3-12-4-7-15(10-11(12)2)20-14-8-5-13(6-9-14)16(17,18)19;4-8(6,7)3-1-2-5;/h4-10H,1-3H2;1,3H2,(H2,4,6,7);/q-2;-1;+1. The van der Waals surface area contributed by atoms with Crippen molar-refractivity contribution in [2.24, 2.45) is 5.14 Å². The van der Waals surface area contributed by atoms with Crippen LogP contribution in [0.3, 0.4) is 0 Å². The number of ether oxygens (including phenoxy) is 1. The van der Waals surface area contributed by atoms with Crippen LogP contribution in [0.1, 0.15) is 23.1 Å². The number of hydrogen-bond acceptors (Lipinski definition) is 4. The van der Waals surface area contributed by atoms with E-state index in [1.54, 1.807) is 12.1 Å². The molecule has 0 saturated carbocycles. The quantitative estimate of drug-likeness (QED) is 0.553. The summed E-state index contributed by atoms with van der Waals surface area (Å²) in [5, 5.41) is 4.51. The van der Waals surface area contributed by atoms with E-state index in [-0.39, 0.29) is 31.0 Å². The second-order valence-corrected chi connectivity index (χ2v) is 7.30. The van der Waals surface area contributed by atoms with Gasteiger partial charge < -0.3 is 16.5 Å². The summed E-state index contributed by atoms with van der Waals surface area (Å²) in [6, 6.07) is 9.89. The van der Waals surface area contributed by atoms with Gasteiger partial charge in [0, 0.05) is 5.75 Å². The Bertz CT molecular complexity index is 885. The number of alkyl halides is 3. The zero-order valence-electron chi connectivity index (χ0n) is 15.8. The molecule has 0 radical (unpaired) electrons. The molecule has 2 N–H and O–H groups in total. The summed E-state index contributed by atoms with van der Waals surface area (Å²) >= 11 is 0. The van der Waals surface area contributed by atoms with Crippen molar-refractivity contribution in [1.29, 1.82) is 0 Å². The number of carbonyl (C=O) groups excluding carboxylic acids is 1. The van der Waals surface area contributed by atoms with E-state index in [1.807, 2.05) is 6.07 Å². The molecule has 0 spiro atoms. The Morgan fingerprint density at radius 2 is 1.62 bits per heavy atom. The topological polar surface area (TPSA) is 86.5 Å². The molecule has 0 aromatic heterocycles. The molecule has 10 heteroatoms. The van der Waals surface area contributed by atoms with Crippen LogP contribution in [0.2, 0.25) is 0 Å². The van der Waals surface area contributed by atoms with E-state index in [2.05, 4.69) is 19.0 Å². The Morgan fingerprint density at radius 1 is 1.07 bits per heavy atom. The second-order valence-electron chi connectivity index (χ2n) is 5.57. The van der Waals surface area contributed by atoms with Crippen molar-refractivity contribution in [3.63, 3.8) is 0 Å². The van der Waals surface area contributed by atoms with Gasteiger partial charge in [-0.2, -0.15) is 31.2 Å². The predicted octanol–water partition coefficient (Wildman–Crippen LogP) is 0.835. The molecule has 0 fully saturated rings. The molecule has 0 atom stereocenters. The Balaban J connectivity index is 0.000000747. The first-order valence-corrected chi connectivity index (χ1v) is 9.62. The van der Waals surface area contributed by atoms with Crippen molar-refractivity contribution in [1.82, 2.24) is 0 Å². The molecule has 0 aliphatic carbocycles. The van der Waals surface area contributed by atoms with Crippen LogP contribution in [0.4, 0.5) is 13.2 Å². The summed E-state index contributed by atoms with van der Waals surface area (Å²) in [6.45, 7) is 7.65. The molecule has 0 heterocycles. The second kappa shape index (κ2) is 11.9. The van der Waals surface area contributed by atoms with Gasteiger partial charge in [0.15, 0.2) is 0 Å². The van der Waals surface area contributed by atoms with Gasteiger partial charge in [0.1, 0.15) is 5.75 Å². The van der Waals surface area contributed by atoms with Crippen molar-refractivity contribution < 1.29 is 50.0 Å². The summed E-state index contributed by atoms with van der Waals surface area (Å²) < 4.78 is 62.8. The van der Waals surface area contributed by atoms with Gasteiger partial charge in [-0.25, -0.2) is 20.0 Å². The van der Waals surface area contributed by atoms with Crippen LogP contribution in [0.25, 0.3) is 0 Å². The van der Waals surface area contributed by atoms with E-state index in [9.17, 15) is 26.4 Å². The molecule has 0 aliphatic rings. The van der Waals surface area contributed by atoms with Gasteiger partial charge >= 0.3 is 25.0 Å². The zero-order chi connectivity index (χ0) is 21.4. The first-order valence-electron chi connectivity index (χ1n) is 7.91. The summed E-state index contributed by atoms with van der Waals surface area (Å²) in [4.78, 5) is 9.41. The monoisotopic (exact) mass is 421 g/mol. The molecule has 5 nitrogen and oxygen atoms in total. The molecule has 2 rings (SSSR count). The maximum absolute atomic E-state index is 12.4. The van der Waals surface area contributed by atoms with Gasteiger partial charge in [0.2, 0.25) is 10.0 Å².